The zero-order valence-corrected chi connectivity index (χ0v) is 22.1. The lowest BCUT2D eigenvalue weighted by molar-refractivity contribution is -0.144. The number of unbranched alkanes of at least 4 members (excludes halogenated alkanes) is 2. The number of carbonyl (C=O) groups is 2. The number of ether oxygens (including phenoxy) is 2. The molecule has 0 heterocycles. The number of hydrogen-bond donors (Lipinski definition) is 1. The van der Waals surface area contributed by atoms with Crippen LogP contribution in [0.5, 0.6) is 0 Å². The first-order valence-electron chi connectivity index (χ1n) is 12.9. The van der Waals surface area contributed by atoms with Gasteiger partial charge in [0.05, 0.1) is 25.4 Å². The quantitative estimate of drug-likeness (QED) is 0.178. The van der Waals surface area contributed by atoms with E-state index in [1.54, 1.807) is 13.0 Å². The molecule has 0 aliphatic carbocycles. The maximum Gasteiger partial charge on any atom is 0.335 e. The minimum atomic E-state index is -0.728. The number of aliphatic hydroxyl groups is 1. The average molecular weight is 511 g/mol. The summed E-state index contributed by atoms with van der Waals surface area (Å²) in [5, 5.41) is 9.05. The summed E-state index contributed by atoms with van der Waals surface area (Å²) >= 11 is 0. The normalized spacial score (nSPS) is 11.6. The zero-order chi connectivity index (χ0) is 27.2. The average Bonchev–Trinajstić information content (AvgIpc) is 2.89. The van der Waals surface area contributed by atoms with E-state index in [9.17, 15) is 14.0 Å². The topological polar surface area (TPSA) is 72.8 Å². The Morgan fingerprint density at radius 3 is 2.05 bits per heavy atom. The predicted octanol–water partition coefficient (Wildman–Crippen LogP) is 5.71. The van der Waals surface area contributed by atoms with Gasteiger partial charge in [-0.05, 0) is 67.3 Å². The fraction of sp³-hybridized carbons (Fsp3) is 0.419. The lowest BCUT2D eigenvalue weighted by Crippen LogP contribution is -2.24. The number of benzene rings is 2. The second kappa shape index (κ2) is 15.8. The summed E-state index contributed by atoms with van der Waals surface area (Å²) in [7, 11) is 0. The summed E-state index contributed by atoms with van der Waals surface area (Å²) in [6.07, 6.45) is 6.40. The third kappa shape index (κ3) is 10.7. The number of esters is 2. The lowest BCUT2D eigenvalue weighted by Gasteiger charge is -2.18. The monoisotopic (exact) mass is 510 g/mol. The van der Waals surface area contributed by atoms with Gasteiger partial charge in [-0.15, -0.1) is 0 Å². The Bertz CT molecular complexity index is 1060. The van der Waals surface area contributed by atoms with Gasteiger partial charge in [0.2, 0.25) is 0 Å². The van der Waals surface area contributed by atoms with Gasteiger partial charge < -0.3 is 14.6 Å². The van der Waals surface area contributed by atoms with E-state index < -0.39 is 24.5 Å². The highest BCUT2D eigenvalue weighted by Gasteiger charge is 2.18. The molecule has 0 amide bonds. The SMILES string of the molecule is C=C(C)C(=O)OCC(COC(=O)C(=C)CO)Cc1ccc(CCc2ccc(CCCCC)cc2)c(F)c1. The van der Waals surface area contributed by atoms with Gasteiger partial charge in [-0.2, -0.15) is 0 Å². The van der Waals surface area contributed by atoms with E-state index >= 15 is 0 Å². The van der Waals surface area contributed by atoms with Crippen LogP contribution in [0.25, 0.3) is 0 Å². The van der Waals surface area contributed by atoms with E-state index in [2.05, 4.69) is 44.3 Å². The molecule has 0 radical (unpaired) electrons. The summed E-state index contributed by atoms with van der Waals surface area (Å²) in [5.74, 6) is -1.97. The van der Waals surface area contributed by atoms with Gasteiger partial charge in [0.1, 0.15) is 5.82 Å². The third-order valence-corrected chi connectivity index (χ3v) is 6.15. The van der Waals surface area contributed by atoms with Crippen LogP contribution in [0.3, 0.4) is 0 Å². The Labute approximate surface area is 220 Å². The number of carbonyl (C=O) groups excluding carboxylic acids is 2. The van der Waals surface area contributed by atoms with Gasteiger partial charge >= 0.3 is 11.9 Å². The van der Waals surface area contributed by atoms with Crippen LogP contribution in [0.1, 0.15) is 55.4 Å². The van der Waals surface area contributed by atoms with Crippen molar-refractivity contribution in [1.29, 1.82) is 0 Å². The van der Waals surface area contributed by atoms with Crippen molar-refractivity contribution in [3.8, 4) is 0 Å². The minimum Gasteiger partial charge on any atom is -0.462 e. The largest absolute Gasteiger partial charge is 0.462 e. The molecule has 1 N–H and O–H groups in total. The van der Waals surface area contributed by atoms with Crippen molar-refractivity contribution in [2.24, 2.45) is 5.92 Å². The summed E-state index contributed by atoms with van der Waals surface area (Å²) in [6, 6.07) is 13.7. The molecule has 0 saturated heterocycles. The zero-order valence-electron chi connectivity index (χ0n) is 22.1. The van der Waals surface area contributed by atoms with Crippen molar-refractivity contribution in [3.63, 3.8) is 0 Å². The highest BCUT2D eigenvalue weighted by Crippen LogP contribution is 2.18. The fourth-order valence-electron chi connectivity index (χ4n) is 3.83. The molecule has 5 nitrogen and oxygen atoms in total. The first-order valence-corrected chi connectivity index (χ1v) is 12.9. The van der Waals surface area contributed by atoms with Gasteiger partial charge in [-0.25, -0.2) is 14.0 Å². The van der Waals surface area contributed by atoms with Crippen LogP contribution in [-0.2, 0) is 44.7 Å². The Morgan fingerprint density at radius 2 is 1.49 bits per heavy atom. The van der Waals surface area contributed by atoms with Crippen molar-refractivity contribution in [2.45, 2.75) is 58.8 Å². The summed E-state index contributed by atoms with van der Waals surface area (Å²) < 4.78 is 25.3. The molecular weight excluding hydrogens is 471 g/mol. The van der Waals surface area contributed by atoms with Gasteiger partial charge in [-0.1, -0.05) is 69.3 Å². The van der Waals surface area contributed by atoms with E-state index in [-0.39, 0.29) is 30.2 Å². The molecule has 0 fully saturated rings. The van der Waals surface area contributed by atoms with E-state index in [0.717, 1.165) is 12.8 Å². The molecule has 0 aliphatic heterocycles. The predicted molar refractivity (Wildman–Crippen MR) is 144 cm³/mol. The van der Waals surface area contributed by atoms with Gasteiger partial charge in [0, 0.05) is 11.5 Å². The molecule has 1 unspecified atom stereocenters. The van der Waals surface area contributed by atoms with Gasteiger partial charge in [0.15, 0.2) is 0 Å². The fourth-order valence-corrected chi connectivity index (χ4v) is 3.83. The number of hydrogen-bond acceptors (Lipinski definition) is 5. The molecule has 2 rings (SSSR count). The molecule has 0 aromatic heterocycles. The van der Waals surface area contributed by atoms with Crippen molar-refractivity contribution in [3.05, 3.63) is 94.8 Å². The molecule has 2 aromatic carbocycles. The number of halogens is 1. The van der Waals surface area contributed by atoms with Crippen LogP contribution in [0, 0.1) is 11.7 Å². The summed E-state index contributed by atoms with van der Waals surface area (Å²) in [6.45, 7) is 10.1. The van der Waals surface area contributed by atoms with E-state index in [1.165, 1.54) is 36.5 Å². The Kier molecular flexibility index (Phi) is 12.8. The number of aliphatic hydroxyl groups excluding tert-OH is 1. The Balaban J connectivity index is 1.98. The van der Waals surface area contributed by atoms with Gasteiger partial charge in [0.25, 0.3) is 0 Å². The Morgan fingerprint density at radius 1 is 0.892 bits per heavy atom. The number of aryl methyl sites for hydroxylation is 3. The summed E-state index contributed by atoms with van der Waals surface area (Å²) in [5.41, 5.74) is 4.03. The number of rotatable bonds is 16. The van der Waals surface area contributed by atoms with Crippen LogP contribution >= 0.6 is 0 Å². The molecule has 0 spiro atoms. The highest BCUT2D eigenvalue weighted by atomic mass is 19.1. The maximum absolute atomic E-state index is 14.9. The molecule has 0 bridgehead atoms. The van der Waals surface area contributed by atoms with E-state index in [1.807, 2.05) is 6.07 Å². The Hall–Kier alpha value is -3.25. The van der Waals surface area contributed by atoms with E-state index in [0.29, 0.717) is 24.0 Å². The molecule has 6 heteroatoms. The second-order valence-electron chi connectivity index (χ2n) is 9.51. The van der Waals surface area contributed by atoms with Gasteiger partial charge in [-0.3, -0.25) is 0 Å². The molecule has 0 aliphatic rings. The smallest absolute Gasteiger partial charge is 0.335 e. The molecule has 37 heavy (non-hydrogen) atoms. The molecular formula is C31H39FO5. The first kappa shape index (κ1) is 30.0. The highest BCUT2D eigenvalue weighted by molar-refractivity contribution is 5.88. The maximum atomic E-state index is 14.9. The molecule has 1 atom stereocenters. The first-order chi connectivity index (χ1) is 17.7. The molecule has 0 saturated carbocycles. The van der Waals surface area contributed by atoms with E-state index in [4.69, 9.17) is 14.6 Å². The lowest BCUT2D eigenvalue weighted by atomic mass is 9.97. The van der Waals surface area contributed by atoms with Crippen molar-refractivity contribution in [2.75, 3.05) is 19.8 Å². The van der Waals surface area contributed by atoms with Crippen LogP contribution in [0.4, 0.5) is 4.39 Å². The standard InChI is InChI=1S/C31H39FO5/c1-5-6-7-8-24-9-11-25(12-10-24)13-15-28-16-14-26(18-29(28)32)17-27(20-36-30(34)22(2)3)21-37-31(35)23(4)19-33/h9-12,14,16,18,27,33H,2,4-8,13,15,17,19-21H2,1,3H3. The molecule has 2 aromatic rings. The van der Waals surface area contributed by atoms with Crippen LogP contribution in [-0.4, -0.2) is 36.9 Å². The molecule has 200 valence electrons. The minimum absolute atomic E-state index is 0.0254. The second-order valence-corrected chi connectivity index (χ2v) is 9.51. The van der Waals surface area contributed by atoms with Crippen molar-refractivity contribution >= 4 is 11.9 Å². The third-order valence-electron chi connectivity index (χ3n) is 6.15. The van der Waals surface area contributed by atoms with Crippen molar-refractivity contribution in [1.82, 2.24) is 0 Å². The van der Waals surface area contributed by atoms with Crippen LogP contribution in [0.2, 0.25) is 0 Å². The van der Waals surface area contributed by atoms with Crippen molar-refractivity contribution < 1.29 is 28.6 Å². The van der Waals surface area contributed by atoms with Crippen LogP contribution in [0.15, 0.2) is 66.8 Å². The van der Waals surface area contributed by atoms with Crippen LogP contribution < -0.4 is 0 Å². The summed E-state index contributed by atoms with van der Waals surface area (Å²) in [4.78, 5) is 23.7.